The number of hydrogen-bond donors (Lipinski definition) is 1. The van der Waals surface area contributed by atoms with Crippen LogP contribution in [-0.4, -0.2) is 91.0 Å². The van der Waals surface area contributed by atoms with Gasteiger partial charge in [-0.15, -0.1) is 5.10 Å². The van der Waals surface area contributed by atoms with Crippen LogP contribution in [0.2, 0.25) is 0 Å². The minimum absolute atomic E-state index is 0.494. The highest BCUT2D eigenvalue weighted by atomic mass is 16.5. The summed E-state index contributed by atoms with van der Waals surface area (Å²) in [5.74, 6) is 2.07. The summed E-state index contributed by atoms with van der Waals surface area (Å²) in [6, 6.07) is 19.0. The van der Waals surface area contributed by atoms with Crippen LogP contribution in [-0.2, 0) is 0 Å². The molecule has 4 aromatic rings. The summed E-state index contributed by atoms with van der Waals surface area (Å²) >= 11 is 0. The van der Waals surface area contributed by atoms with Crippen LogP contribution in [0.25, 0.3) is 16.8 Å². The van der Waals surface area contributed by atoms with Crippen molar-refractivity contribution in [3.8, 4) is 22.8 Å². The van der Waals surface area contributed by atoms with Crippen molar-refractivity contribution in [2.45, 2.75) is 18.9 Å². The van der Waals surface area contributed by atoms with Crippen molar-refractivity contribution in [3.63, 3.8) is 0 Å². The predicted octanol–water partition coefficient (Wildman–Crippen LogP) is 4.37. The molecule has 2 aliphatic heterocycles. The maximum absolute atomic E-state index is 5.82. The number of rotatable bonds is 7. The van der Waals surface area contributed by atoms with Crippen molar-refractivity contribution >= 4 is 22.8 Å². The fourth-order valence-corrected chi connectivity index (χ4v) is 5.79. The van der Waals surface area contributed by atoms with E-state index in [9.17, 15) is 0 Å². The summed E-state index contributed by atoms with van der Waals surface area (Å²) in [5.41, 5.74) is 4.85. The molecule has 4 heterocycles. The number of likely N-dealkylation sites (N-methyl/N-ethyl adjacent to an activating group) is 1. The number of aromatic nitrogens is 3. The van der Waals surface area contributed by atoms with Gasteiger partial charge in [-0.05, 0) is 56.3 Å². The highest BCUT2D eigenvalue weighted by molar-refractivity contribution is 5.73. The third-order valence-corrected chi connectivity index (χ3v) is 8.03. The zero-order valence-corrected chi connectivity index (χ0v) is 23.0. The predicted molar refractivity (Wildman–Crippen MR) is 156 cm³/mol. The first-order valence-corrected chi connectivity index (χ1v) is 13.7. The second-order valence-electron chi connectivity index (χ2n) is 10.4. The highest BCUT2D eigenvalue weighted by Gasteiger charge is 2.28. The number of nitrogens with one attached hydrogen (secondary N) is 1. The van der Waals surface area contributed by atoms with Gasteiger partial charge in [0.2, 0.25) is 5.95 Å². The van der Waals surface area contributed by atoms with Crippen LogP contribution in [0.1, 0.15) is 12.8 Å². The lowest BCUT2D eigenvalue weighted by atomic mass is 10.0. The standard InChI is InChI=1S/C30H37N7O2/c1-34-15-17-35(18-16-34)24-7-6-14-36(21-24)22-10-12-26(29(19-22)39-3)32-30-31-20-23-11-13-27(37(23)33-30)25-8-4-5-9-28(25)38-2/h4-5,8-13,19-20,24H,6-7,14-18,21H2,1-3H3,(H,32,33). The number of anilines is 3. The SMILES string of the molecule is COc1cc(N2CCCC(N3CCN(C)CC3)C2)ccc1Nc1ncc2ccc(-c3ccccc3OC)n2n1. The van der Waals surface area contributed by atoms with E-state index < -0.39 is 0 Å². The molecule has 0 bridgehead atoms. The first-order chi connectivity index (χ1) is 19.1. The first kappa shape index (κ1) is 25.5. The highest BCUT2D eigenvalue weighted by Crippen LogP contribution is 2.34. The van der Waals surface area contributed by atoms with Gasteiger partial charge >= 0.3 is 0 Å². The van der Waals surface area contributed by atoms with Gasteiger partial charge in [0.25, 0.3) is 0 Å². The van der Waals surface area contributed by atoms with Crippen molar-refractivity contribution in [1.82, 2.24) is 24.4 Å². The van der Waals surface area contributed by atoms with Gasteiger partial charge in [0.1, 0.15) is 11.5 Å². The van der Waals surface area contributed by atoms with Crippen molar-refractivity contribution in [1.29, 1.82) is 0 Å². The Morgan fingerprint density at radius 1 is 0.897 bits per heavy atom. The molecule has 2 fully saturated rings. The van der Waals surface area contributed by atoms with Crippen LogP contribution in [0.4, 0.5) is 17.3 Å². The van der Waals surface area contributed by atoms with E-state index in [-0.39, 0.29) is 0 Å². The molecular formula is C30H37N7O2. The third kappa shape index (κ3) is 5.24. The van der Waals surface area contributed by atoms with E-state index in [4.69, 9.17) is 14.6 Å². The van der Waals surface area contributed by atoms with Gasteiger partial charge in [-0.1, -0.05) is 12.1 Å². The van der Waals surface area contributed by atoms with Gasteiger partial charge in [0, 0.05) is 62.6 Å². The molecular weight excluding hydrogens is 490 g/mol. The molecule has 0 aliphatic carbocycles. The van der Waals surface area contributed by atoms with Gasteiger partial charge in [0.05, 0.1) is 37.3 Å². The number of fused-ring (bicyclic) bond motifs is 1. The van der Waals surface area contributed by atoms with Crippen molar-refractivity contribution in [2.24, 2.45) is 0 Å². The zero-order chi connectivity index (χ0) is 26.8. The van der Waals surface area contributed by atoms with Gasteiger partial charge in [-0.3, -0.25) is 4.90 Å². The van der Waals surface area contributed by atoms with Crippen LogP contribution >= 0.6 is 0 Å². The fraction of sp³-hybridized carbons (Fsp3) is 0.400. The Morgan fingerprint density at radius 2 is 1.72 bits per heavy atom. The number of para-hydroxylation sites is 1. The van der Waals surface area contributed by atoms with Crippen molar-refractivity contribution < 1.29 is 9.47 Å². The van der Waals surface area contributed by atoms with Crippen LogP contribution in [0.3, 0.4) is 0 Å². The number of hydrogen-bond acceptors (Lipinski definition) is 8. The van der Waals surface area contributed by atoms with Crippen LogP contribution in [0.15, 0.2) is 60.8 Å². The molecule has 2 aromatic heterocycles. The van der Waals surface area contributed by atoms with E-state index >= 15 is 0 Å². The Kier molecular flexibility index (Phi) is 7.26. The number of nitrogens with zero attached hydrogens (tertiary/aromatic N) is 6. The Labute approximate surface area is 229 Å². The molecule has 2 saturated heterocycles. The number of piperidine rings is 1. The van der Waals surface area contributed by atoms with Crippen LogP contribution < -0.4 is 19.7 Å². The lowest BCUT2D eigenvalue weighted by Gasteiger charge is -2.43. The number of ether oxygens (including phenoxy) is 2. The van der Waals surface area contributed by atoms with Crippen LogP contribution in [0, 0.1) is 0 Å². The molecule has 0 saturated carbocycles. The monoisotopic (exact) mass is 527 g/mol. The molecule has 1 N–H and O–H groups in total. The van der Waals surface area contributed by atoms with E-state index in [1.165, 1.54) is 18.5 Å². The Morgan fingerprint density at radius 3 is 2.54 bits per heavy atom. The normalized spacial score (nSPS) is 18.8. The second kappa shape index (κ2) is 11.1. The van der Waals surface area contributed by atoms with E-state index in [1.807, 2.05) is 47.1 Å². The Bertz CT molecular complexity index is 1430. The average Bonchev–Trinajstić information content (AvgIpc) is 3.41. The molecule has 39 heavy (non-hydrogen) atoms. The van der Waals surface area contributed by atoms with Crippen molar-refractivity contribution in [3.05, 3.63) is 60.8 Å². The second-order valence-corrected chi connectivity index (χ2v) is 10.4. The molecule has 0 amide bonds. The lowest BCUT2D eigenvalue weighted by Crippen LogP contribution is -2.54. The topological polar surface area (TPSA) is 70.4 Å². The minimum Gasteiger partial charge on any atom is -0.496 e. The summed E-state index contributed by atoms with van der Waals surface area (Å²) in [5, 5.41) is 8.18. The van der Waals surface area contributed by atoms with Gasteiger partial charge in [0.15, 0.2) is 0 Å². The molecule has 1 unspecified atom stereocenters. The maximum Gasteiger partial charge on any atom is 0.245 e. The van der Waals surface area contributed by atoms with Gasteiger partial charge in [-0.2, -0.15) is 0 Å². The number of piperazine rings is 1. The molecule has 2 aliphatic rings. The van der Waals surface area contributed by atoms with Gasteiger partial charge in [-0.25, -0.2) is 9.50 Å². The molecule has 0 spiro atoms. The lowest BCUT2D eigenvalue weighted by molar-refractivity contribution is 0.102. The molecule has 9 nitrogen and oxygen atoms in total. The summed E-state index contributed by atoms with van der Waals surface area (Å²) in [4.78, 5) is 12.2. The first-order valence-electron chi connectivity index (χ1n) is 13.7. The number of benzene rings is 2. The van der Waals surface area contributed by atoms with Crippen LogP contribution in [0.5, 0.6) is 11.5 Å². The Hall–Kier alpha value is -3.82. The van der Waals surface area contributed by atoms with Crippen molar-refractivity contribution in [2.75, 3.05) is 70.8 Å². The summed E-state index contributed by atoms with van der Waals surface area (Å²) < 4.78 is 13.3. The largest absolute Gasteiger partial charge is 0.496 e. The van der Waals surface area contributed by atoms with E-state index in [0.29, 0.717) is 12.0 Å². The average molecular weight is 528 g/mol. The molecule has 6 rings (SSSR count). The summed E-state index contributed by atoms with van der Waals surface area (Å²) in [6.45, 7) is 6.75. The number of methoxy groups -OCH3 is 2. The minimum atomic E-state index is 0.494. The van der Waals surface area contributed by atoms with E-state index in [2.05, 4.69) is 50.2 Å². The zero-order valence-electron chi connectivity index (χ0n) is 23.0. The molecule has 9 heteroatoms. The fourth-order valence-electron chi connectivity index (χ4n) is 5.79. The quantitative estimate of drug-likeness (QED) is 0.380. The molecule has 1 atom stereocenters. The van der Waals surface area contributed by atoms with E-state index in [1.54, 1.807) is 14.2 Å². The van der Waals surface area contributed by atoms with Gasteiger partial charge < -0.3 is 24.6 Å². The van der Waals surface area contributed by atoms with E-state index in [0.717, 1.165) is 73.2 Å². The summed E-state index contributed by atoms with van der Waals surface area (Å²) in [6.07, 6.45) is 4.30. The molecule has 0 radical (unpaired) electrons. The summed E-state index contributed by atoms with van der Waals surface area (Å²) in [7, 11) is 5.61. The Balaban J connectivity index is 1.22. The molecule has 204 valence electrons. The smallest absolute Gasteiger partial charge is 0.245 e. The third-order valence-electron chi connectivity index (χ3n) is 8.03. The maximum atomic E-state index is 5.82. The molecule has 2 aromatic carbocycles.